The van der Waals surface area contributed by atoms with Crippen LogP contribution in [0.25, 0.3) is 0 Å². The average molecular weight is 237 g/mol. The van der Waals surface area contributed by atoms with Crippen molar-refractivity contribution in [1.82, 2.24) is 9.55 Å². The molecule has 3 heteroatoms. The van der Waals surface area contributed by atoms with Gasteiger partial charge in [-0.15, -0.1) is 0 Å². The molecule has 0 spiro atoms. The molecule has 0 amide bonds. The van der Waals surface area contributed by atoms with Crippen molar-refractivity contribution in [2.75, 3.05) is 11.9 Å². The van der Waals surface area contributed by atoms with Crippen LogP contribution >= 0.6 is 0 Å². The Morgan fingerprint density at radius 1 is 1.29 bits per heavy atom. The highest BCUT2D eigenvalue weighted by molar-refractivity contribution is 5.28. The monoisotopic (exact) mass is 237 g/mol. The molecule has 0 unspecified atom stereocenters. The summed E-state index contributed by atoms with van der Waals surface area (Å²) in [5.41, 5.74) is 1.10. The van der Waals surface area contributed by atoms with Crippen LogP contribution in [0, 0.1) is 12.8 Å². The van der Waals surface area contributed by atoms with Gasteiger partial charge in [0, 0.05) is 19.3 Å². The second-order valence-electron chi connectivity index (χ2n) is 5.23. The Morgan fingerprint density at radius 3 is 2.71 bits per heavy atom. The van der Waals surface area contributed by atoms with E-state index in [1.807, 2.05) is 0 Å². The van der Waals surface area contributed by atoms with Crippen LogP contribution in [-0.2, 0) is 6.54 Å². The molecule has 0 aliphatic carbocycles. The van der Waals surface area contributed by atoms with Crippen LogP contribution in [-0.4, -0.2) is 16.1 Å². The maximum atomic E-state index is 4.53. The quantitative estimate of drug-likeness (QED) is 0.696. The van der Waals surface area contributed by atoms with Gasteiger partial charge in [0.25, 0.3) is 0 Å². The topological polar surface area (TPSA) is 29.9 Å². The lowest BCUT2D eigenvalue weighted by Gasteiger charge is -2.11. The molecule has 0 aliphatic heterocycles. The van der Waals surface area contributed by atoms with Gasteiger partial charge in [0.05, 0.1) is 5.69 Å². The van der Waals surface area contributed by atoms with Gasteiger partial charge in [-0.05, 0) is 19.3 Å². The highest BCUT2D eigenvalue weighted by Crippen LogP contribution is 2.11. The lowest BCUT2D eigenvalue weighted by molar-refractivity contribution is 0.581. The molecule has 1 rings (SSSR count). The van der Waals surface area contributed by atoms with Gasteiger partial charge in [-0.1, -0.05) is 40.0 Å². The smallest absolute Gasteiger partial charge is 0.203 e. The summed E-state index contributed by atoms with van der Waals surface area (Å²) >= 11 is 0. The molecule has 0 atom stereocenters. The van der Waals surface area contributed by atoms with E-state index in [4.69, 9.17) is 0 Å². The van der Waals surface area contributed by atoms with E-state index in [0.29, 0.717) is 5.92 Å². The van der Waals surface area contributed by atoms with E-state index in [2.05, 4.69) is 48.8 Å². The van der Waals surface area contributed by atoms with Gasteiger partial charge < -0.3 is 9.88 Å². The highest BCUT2D eigenvalue weighted by atomic mass is 15.2. The predicted molar refractivity (Wildman–Crippen MR) is 74.4 cm³/mol. The first-order valence-electron chi connectivity index (χ1n) is 6.91. The molecule has 0 saturated heterocycles. The number of rotatable bonds is 8. The van der Waals surface area contributed by atoms with Crippen LogP contribution < -0.4 is 5.32 Å². The largest absolute Gasteiger partial charge is 0.355 e. The van der Waals surface area contributed by atoms with Gasteiger partial charge in [-0.25, -0.2) is 4.98 Å². The Balaban J connectivity index is 2.46. The lowest BCUT2D eigenvalue weighted by atomic mass is 10.2. The Morgan fingerprint density at radius 2 is 2.06 bits per heavy atom. The summed E-state index contributed by atoms with van der Waals surface area (Å²) in [6.45, 7) is 10.8. The summed E-state index contributed by atoms with van der Waals surface area (Å²) < 4.78 is 2.26. The maximum Gasteiger partial charge on any atom is 0.203 e. The molecule has 0 aliphatic rings. The molecule has 1 heterocycles. The summed E-state index contributed by atoms with van der Waals surface area (Å²) in [6.07, 6.45) is 7.34. The number of hydrogen-bond donors (Lipinski definition) is 1. The number of nitrogens with one attached hydrogen (secondary N) is 1. The molecule has 1 aromatic heterocycles. The van der Waals surface area contributed by atoms with Crippen LogP contribution in [0.1, 0.15) is 52.1 Å². The molecular weight excluding hydrogens is 210 g/mol. The third-order valence-corrected chi connectivity index (χ3v) is 2.82. The van der Waals surface area contributed by atoms with E-state index in [1.165, 1.54) is 25.7 Å². The van der Waals surface area contributed by atoms with Gasteiger partial charge in [-0.3, -0.25) is 0 Å². The Hall–Kier alpha value is -0.990. The molecule has 0 radical (unpaired) electrons. The Kier molecular flexibility index (Phi) is 6.09. The van der Waals surface area contributed by atoms with Gasteiger partial charge in [0.15, 0.2) is 0 Å². The summed E-state index contributed by atoms with van der Waals surface area (Å²) in [5, 5.41) is 3.43. The van der Waals surface area contributed by atoms with Gasteiger partial charge >= 0.3 is 0 Å². The summed E-state index contributed by atoms with van der Waals surface area (Å²) in [4.78, 5) is 4.53. The van der Waals surface area contributed by atoms with Crippen LogP contribution in [0.3, 0.4) is 0 Å². The number of anilines is 1. The molecule has 17 heavy (non-hydrogen) atoms. The first-order chi connectivity index (χ1) is 8.13. The van der Waals surface area contributed by atoms with E-state index in [0.717, 1.165) is 24.7 Å². The first-order valence-corrected chi connectivity index (χ1v) is 6.91. The van der Waals surface area contributed by atoms with Crippen LogP contribution in [0.5, 0.6) is 0 Å². The Labute approximate surface area is 106 Å². The zero-order valence-electron chi connectivity index (χ0n) is 11.8. The van der Waals surface area contributed by atoms with Crippen LogP contribution in [0.15, 0.2) is 6.20 Å². The minimum Gasteiger partial charge on any atom is -0.355 e. The van der Waals surface area contributed by atoms with Crippen molar-refractivity contribution < 1.29 is 0 Å². The number of unbranched alkanes of at least 4 members (excludes halogenated alkanes) is 3. The molecule has 0 saturated carbocycles. The molecular formula is C14H27N3. The van der Waals surface area contributed by atoms with Crippen molar-refractivity contribution in [3.8, 4) is 0 Å². The highest BCUT2D eigenvalue weighted by Gasteiger charge is 2.05. The van der Waals surface area contributed by atoms with Gasteiger partial charge in [0.2, 0.25) is 5.95 Å². The van der Waals surface area contributed by atoms with Gasteiger partial charge in [-0.2, -0.15) is 0 Å². The van der Waals surface area contributed by atoms with Crippen molar-refractivity contribution in [1.29, 1.82) is 0 Å². The minimum atomic E-state index is 0.653. The zero-order chi connectivity index (χ0) is 12.7. The molecule has 0 aromatic carbocycles. The molecule has 1 aromatic rings. The van der Waals surface area contributed by atoms with E-state index >= 15 is 0 Å². The second-order valence-corrected chi connectivity index (χ2v) is 5.23. The number of imidazole rings is 1. The fourth-order valence-corrected chi connectivity index (χ4v) is 1.86. The number of aromatic nitrogens is 2. The minimum absolute atomic E-state index is 0.653. The normalized spacial score (nSPS) is 11.1. The lowest BCUT2D eigenvalue weighted by Crippen LogP contribution is -2.12. The fourth-order valence-electron chi connectivity index (χ4n) is 1.86. The number of hydrogen-bond acceptors (Lipinski definition) is 2. The molecule has 98 valence electrons. The molecule has 3 nitrogen and oxygen atoms in total. The van der Waals surface area contributed by atoms with Crippen molar-refractivity contribution >= 4 is 5.95 Å². The van der Waals surface area contributed by atoms with E-state index in [9.17, 15) is 0 Å². The van der Waals surface area contributed by atoms with Crippen molar-refractivity contribution in [3.05, 3.63) is 11.9 Å². The fraction of sp³-hybridized carbons (Fsp3) is 0.786. The van der Waals surface area contributed by atoms with Crippen molar-refractivity contribution in [2.45, 2.75) is 59.9 Å². The third kappa shape index (κ3) is 5.24. The molecule has 0 fully saturated rings. The summed E-state index contributed by atoms with van der Waals surface area (Å²) in [7, 11) is 0. The first kappa shape index (κ1) is 14.1. The summed E-state index contributed by atoms with van der Waals surface area (Å²) in [5.74, 6) is 1.69. The van der Waals surface area contributed by atoms with E-state index in [-0.39, 0.29) is 0 Å². The average Bonchev–Trinajstić information content (AvgIpc) is 2.62. The number of aryl methyl sites for hydroxylation is 2. The van der Waals surface area contributed by atoms with E-state index in [1.54, 1.807) is 0 Å². The van der Waals surface area contributed by atoms with Crippen LogP contribution in [0.4, 0.5) is 5.95 Å². The van der Waals surface area contributed by atoms with E-state index < -0.39 is 0 Å². The van der Waals surface area contributed by atoms with Crippen molar-refractivity contribution in [2.24, 2.45) is 5.92 Å². The number of nitrogens with zero attached hydrogens (tertiary/aromatic N) is 2. The molecule has 1 N–H and O–H groups in total. The molecule has 0 bridgehead atoms. The zero-order valence-corrected chi connectivity index (χ0v) is 11.8. The van der Waals surface area contributed by atoms with Crippen molar-refractivity contribution in [3.63, 3.8) is 0 Å². The van der Waals surface area contributed by atoms with Gasteiger partial charge in [0.1, 0.15) is 0 Å². The predicted octanol–water partition coefficient (Wildman–Crippen LogP) is 3.84. The second kappa shape index (κ2) is 7.36. The maximum absolute atomic E-state index is 4.53. The van der Waals surface area contributed by atoms with Crippen LogP contribution in [0.2, 0.25) is 0 Å². The summed E-state index contributed by atoms with van der Waals surface area (Å²) in [6, 6.07) is 0. The SMILES string of the molecule is CCCCCCn1cc(C)nc1NCC(C)C. The third-order valence-electron chi connectivity index (χ3n) is 2.82. The standard InChI is InChI=1S/C14H27N3/c1-5-6-7-8-9-17-11-13(4)16-14(17)15-10-12(2)3/h11-12H,5-10H2,1-4H3,(H,15,16). The Bertz CT molecular complexity index is 315.